The van der Waals surface area contributed by atoms with Gasteiger partial charge in [0.2, 0.25) is 5.60 Å². The number of halogens is 6. The predicted molar refractivity (Wildman–Crippen MR) is 132 cm³/mol. The third-order valence-electron chi connectivity index (χ3n) is 5.64. The Morgan fingerprint density at radius 3 is 2.39 bits per heavy atom. The van der Waals surface area contributed by atoms with Crippen molar-refractivity contribution in [3.63, 3.8) is 0 Å². The number of alkyl halides is 5. The molecule has 0 aromatic heterocycles. The molecule has 230 valence electrons. The first-order chi connectivity index (χ1) is 18.9. The Morgan fingerprint density at radius 1 is 1.12 bits per heavy atom. The van der Waals surface area contributed by atoms with Gasteiger partial charge in [0.05, 0.1) is 18.8 Å². The van der Waals surface area contributed by atoms with Gasteiger partial charge in [0.1, 0.15) is 30.3 Å². The number of ether oxygens (including phenoxy) is 2. The Labute approximate surface area is 234 Å². The van der Waals surface area contributed by atoms with Gasteiger partial charge in [-0.25, -0.2) is 9.18 Å². The van der Waals surface area contributed by atoms with Crippen LogP contribution < -0.4 is 30.3 Å². The summed E-state index contributed by atoms with van der Waals surface area (Å²) in [6.45, 7) is -0.832. The topological polar surface area (TPSA) is 158 Å². The molecule has 5 N–H and O–H groups in total. The minimum atomic E-state index is -6.01. The number of nitrogens with one attached hydrogen (secondary N) is 4. The van der Waals surface area contributed by atoms with Crippen LogP contribution in [-0.2, 0) is 19.1 Å². The monoisotopic (exact) mass is 619 g/mol. The van der Waals surface area contributed by atoms with Crippen molar-refractivity contribution in [2.24, 2.45) is 0 Å². The van der Waals surface area contributed by atoms with E-state index >= 15 is 0 Å². The standard InChI is InChI=1S/C22H27F6N5O7S/c1-11-15(32-18(36)20(2,38)17(35)30-10-21(24,25)22(26,27)28)16(34)33(7-8-39-19(37)29-5-6-31-41)13-9-12(23)3-4-14(13)40-11/h3-4,9,11,15,31,38,41H,5-8,10H2,1-2H3,(H,29,37)(H,30,35)(H,32,36)/t11-,15+,20+/m1/s1. The van der Waals surface area contributed by atoms with Gasteiger partial charge in [-0.2, -0.15) is 22.0 Å². The zero-order valence-corrected chi connectivity index (χ0v) is 22.4. The fourth-order valence-corrected chi connectivity index (χ4v) is 3.43. The number of nitrogens with zero attached hydrogens (tertiary/aromatic N) is 1. The van der Waals surface area contributed by atoms with Crippen molar-refractivity contribution in [1.82, 2.24) is 20.7 Å². The third-order valence-corrected chi connectivity index (χ3v) is 5.86. The van der Waals surface area contributed by atoms with Crippen LogP contribution in [0, 0.1) is 5.82 Å². The fraction of sp³-hybridized carbons (Fsp3) is 0.545. The molecule has 0 aliphatic carbocycles. The van der Waals surface area contributed by atoms with E-state index in [1.807, 2.05) is 5.32 Å². The number of carbonyl (C=O) groups is 4. The van der Waals surface area contributed by atoms with Gasteiger partial charge in [0, 0.05) is 19.2 Å². The lowest BCUT2D eigenvalue weighted by molar-refractivity contribution is -0.278. The zero-order valence-electron chi connectivity index (χ0n) is 21.5. The normalized spacial score (nSPS) is 18.8. The van der Waals surface area contributed by atoms with Crippen molar-refractivity contribution in [3.8, 4) is 5.75 Å². The van der Waals surface area contributed by atoms with Crippen LogP contribution in [0.3, 0.4) is 0 Å². The largest absolute Gasteiger partial charge is 0.486 e. The van der Waals surface area contributed by atoms with E-state index in [1.54, 1.807) is 0 Å². The van der Waals surface area contributed by atoms with Crippen LogP contribution in [0.2, 0.25) is 0 Å². The molecule has 2 rings (SSSR count). The summed E-state index contributed by atoms with van der Waals surface area (Å²) >= 11 is 3.75. The molecule has 0 radical (unpaired) electrons. The highest BCUT2D eigenvalue weighted by atomic mass is 32.1. The van der Waals surface area contributed by atoms with Gasteiger partial charge in [0.25, 0.3) is 17.7 Å². The second-order valence-corrected chi connectivity index (χ2v) is 9.12. The molecule has 12 nitrogen and oxygen atoms in total. The second-order valence-electron chi connectivity index (χ2n) is 8.80. The summed E-state index contributed by atoms with van der Waals surface area (Å²) < 4.78 is 90.7. The molecular weight excluding hydrogens is 592 g/mol. The van der Waals surface area contributed by atoms with Gasteiger partial charge >= 0.3 is 18.2 Å². The van der Waals surface area contributed by atoms with E-state index in [0.717, 1.165) is 22.3 Å². The first kappa shape index (κ1) is 33.8. The van der Waals surface area contributed by atoms with Gasteiger partial charge in [-0.15, -0.1) is 0 Å². The lowest BCUT2D eigenvalue weighted by atomic mass is 10.0. The predicted octanol–water partition coefficient (Wildman–Crippen LogP) is 0.650. The van der Waals surface area contributed by atoms with Crippen LogP contribution >= 0.6 is 12.8 Å². The number of anilines is 1. The van der Waals surface area contributed by atoms with Crippen LogP contribution in [-0.4, -0.2) is 91.6 Å². The number of alkyl carbamates (subject to hydrolysis) is 1. The van der Waals surface area contributed by atoms with Crippen LogP contribution in [0.4, 0.5) is 36.8 Å². The maximum absolute atomic E-state index is 14.1. The number of amides is 4. The minimum absolute atomic E-state index is 0.0350. The van der Waals surface area contributed by atoms with E-state index < -0.39 is 72.6 Å². The Bertz CT molecular complexity index is 1140. The summed E-state index contributed by atoms with van der Waals surface area (Å²) in [4.78, 5) is 51.1. The number of carbonyl (C=O) groups excluding carboxylic acids is 4. The van der Waals surface area contributed by atoms with Crippen molar-refractivity contribution >= 4 is 42.3 Å². The van der Waals surface area contributed by atoms with Crippen molar-refractivity contribution < 1.29 is 60.1 Å². The number of thiol groups is 1. The van der Waals surface area contributed by atoms with Gasteiger partial charge in [0.15, 0.2) is 0 Å². The Hall–Kier alpha value is -3.45. The highest BCUT2D eigenvalue weighted by Gasteiger charge is 2.58. The molecule has 1 aliphatic rings. The quantitative estimate of drug-likeness (QED) is 0.0913. The summed E-state index contributed by atoms with van der Waals surface area (Å²) in [5, 5.41) is 15.9. The molecule has 1 aliphatic heterocycles. The first-order valence-electron chi connectivity index (χ1n) is 11.7. The highest BCUT2D eigenvalue weighted by Crippen LogP contribution is 2.35. The van der Waals surface area contributed by atoms with Gasteiger partial charge in [-0.1, -0.05) is 12.8 Å². The number of aliphatic hydroxyl groups is 1. The summed E-state index contributed by atoms with van der Waals surface area (Å²) in [5.41, 5.74) is -3.35. The number of benzene rings is 1. The molecule has 0 unspecified atom stereocenters. The summed E-state index contributed by atoms with van der Waals surface area (Å²) in [6.07, 6.45) is -8.12. The molecule has 1 heterocycles. The number of hydrogen-bond acceptors (Lipinski definition) is 9. The smallest absolute Gasteiger partial charge is 0.455 e. The highest BCUT2D eigenvalue weighted by molar-refractivity contribution is 7.78. The molecule has 0 saturated carbocycles. The third kappa shape index (κ3) is 8.52. The summed E-state index contributed by atoms with van der Waals surface area (Å²) in [6, 6.07) is 1.41. The van der Waals surface area contributed by atoms with E-state index in [-0.39, 0.29) is 24.5 Å². The first-order valence-corrected chi connectivity index (χ1v) is 12.2. The van der Waals surface area contributed by atoms with Crippen molar-refractivity contribution in [3.05, 3.63) is 24.0 Å². The lowest BCUT2D eigenvalue weighted by Gasteiger charge is -2.29. The van der Waals surface area contributed by atoms with Crippen molar-refractivity contribution in [2.45, 2.75) is 43.7 Å². The molecule has 1 aromatic carbocycles. The molecule has 41 heavy (non-hydrogen) atoms. The molecule has 4 amide bonds. The Balaban J connectivity index is 2.21. The van der Waals surface area contributed by atoms with E-state index in [2.05, 4.69) is 22.9 Å². The molecule has 0 spiro atoms. The molecule has 0 bridgehead atoms. The molecule has 0 saturated heterocycles. The summed E-state index contributed by atoms with van der Waals surface area (Å²) in [7, 11) is 0. The molecule has 19 heteroatoms. The van der Waals surface area contributed by atoms with Gasteiger partial charge in [-0.05, 0) is 26.0 Å². The molecular formula is C22H27F6N5O7S. The van der Waals surface area contributed by atoms with E-state index in [4.69, 9.17) is 9.47 Å². The zero-order chi connectivity index (χ0) is 31.2. The van der Waals surface area contributed by atoms with Crippen molar-refractivity contribution in [2.75, 3.05) is 37.7 Å². The van der Waals surface area contributed by atoms with E-state index in [1.165, 1.54) is 13.0 Å². The molecule has 0 fully saturated rings. The Morgan fingerprint density at radius 2 is 1.78 bits per heavy atom. The van der Waals surface area contributed by atoms with Crippen LogP contribution in [0.15, 0.2) is 18.2 Å². The number of hydrogen-bond donors (Lipinski definition) is 6. The summed E-state index contributed by atoms with van der Waals surface area (Å²) in [5.74, 6) is -10.7. The SMILES string of the molecule is C[C@H]1Oc2ccc(F)cc2N(CCOC(=O)NCCNS)C(=O)[C@H]1NC(=O)[C@@](C)(O)C(=O)NCC(F)(F)C(F)(F)F. The van der Waals surface area contributed by atoms with Crippen molar-refractivity contribution in [1.29, 1.82) is 0 Å². The molecule has 3 atom stereocenters. The average molecular weight is 620 g/mol. The van der Waals surface area contributed by atoms with Crippen LogP contribution in [0.25, 0.3) is 0 Å². The van der Waals surface area contributed by atoms with E-state index in [9.17, 15) is 50.6 Å². The number of fused-ring (bicyclic) bond motifs is 1. The maximum Gasteiger partial charge on any atom is 0.455 e. The minimum Gasteiger partial charge on any atom is -0.486 e. The van der Waals surface area contributed by atoms with E-state index in [0.29, 0.717) is 13.5 Å². The van der Waals surface area contributed by atoms with Crippen LogP contribution in [0.5, 0.6) is 5.75 Å². The van der Waals surface area contributed by atoms with Gasteiger partial charge < -0.3 is 35.4 Å². The number of rotatable bonds is 11. The Kier molecular flexibility index (Phi) is 11.1. The maximum atomic E-state index is 14.1. The average Bonchev–Trinajstić information content (AvgIpc) is 2.96. The van der Waals surface area contributed by atoms with Crippen LogP contribution in [0.1, 0.15) is 13.8 Å². The fourth-order valence-electron chi connectivity index (χ4n) is 3.32. The van der Waals surface area contributed by atoms with Gasteiger partial charge in [-0.3, -0.25) is 19.1 Å². The second kappa shape index (κ2) is 13.5. The lowest BCUT2D eigenvalue weighted by Crippen LogP contribution is -2.63. The molecule has 1 aromatic rings.